The lowest BCUT2D eigenvalue weighted by Crippen LogP contribution is -2.31. The number of rotatable bonds is 7. The highest BCUT2D eigenvalue weighted by Gasteiger charge is 2.07. The van der Waals surface area contributed by atoms with Gasteiger partial charge in [-0.3, -0.25) is 0 Å². The molecule has 0 radical (unpaired) electrons. The smallest absolute Gasteiger partial charge is 0.0117 e. The number of nitrogens with one attached hydrogen (secondary N) is 1. The van der Waals surface area contributed by atoms with E-state index in [0.717, 1.165) is 25.8 Å². The Balaban J connectivity index is 2.38. The van der Waals surface area contributed by atoms with E-state index in [-0.39, 0.29) is 0 Å². The van der Waals surface area contributed by atoms with Crippen LogP contribution in [-0.4, -0.2) is 12.6 Å². The molecule has 0 saturated carbocycles. The van der Waals surface area contributed by atoms with Crippen LogP contribution >= 0.6 is 11.3 Å². The van der Waals surface area contributed by atoms with Gasteiger partial charge in [-0.1, -0.05) is 6.92 Å². The maximum Gasteiger partial charge on any atom is 0.0117 e. The summed E-state index contributed by atoms with van der Waals surface area (Å²) in [7, 11) is 0. The predicted octanol–water partition coefficient (Wildman–Crippen LogP) is 3.07. The Morgan fingerprint density at radius 3 is 3.07 bits per heavy atom. The molecule has 0 spiro atoms. The zero-order valence-corrected chi connectivity index (χ0v) is 10.1. The minimum absolute atomic E-state index is 0.538. The van der Waals surface area contributed by atoms with E-state index < -0.39 is 0 Å². The molecular formula is C13H19NS. The van der Waals surface area contributed by atoms with Gasteiger partial charge < -0.3 is 5.32 Å². The first kappa shape index (κ1) is 12.3. The molecule has 2 heteroatoms. The van der Waals surface area contributed by atoms with E-state index in [0.29, 0.717) is 6.04 Å². The molecule has 0 amide bonds. The van der Waals surface area contributed by atoms with Crippen molar-refractivity contribution in [3.05, 3.63) is 22.4 Å². The first-order chi connectivity index (χ1) is 7.36. The van der Waals surface area contributed by atoms with Crippen molar-refractivity contribution < 1.29 is 0 Å². The zero-order valence-electron chi connectivity index (χ0n) is 9.33. The summed E-state index contributed by atoms with van der Waals surface area (Å²) < 4.78 is 0. The largest absolute Gasteiger partial charge is 0.314 e. The van der Waals surface area contributed by atoms with E-state index in [4.69, 9.17) is 6.42 Å². The molecule has 0 fully saturated rings. The Labute approximate surface area is 96.9 Å². The molecule has 0 aliphatic heterocycles. The van der Waals surface area contributed by atoms with Crippen LogP contribution in [0.25, 0.3) is 0 Å². The minimum Gasteiger partial charge on any atom is -0.314 e. The lowest BCUT2D eigenvalue weighted by Gasteiger charge is -2.16. The van der Waals surface area contributed by atoms with E-state index in [1.807, 2.05) is 0 Å². The van der Waals surface area contributed by atoms with Gasteiger partial charge in [0, 0.05) is 12.5 Å². The van der Waals surface area contributed by atoms with Gasteiger partial charge in [0.05, 0.1) is 0 Å². The summed E-state index contributed by atoms with van der Waals surface area (Å²) in [6.45, 7) is 3.27. The molecule has 15 heavy (non-hydrogen) atoms. The van der Waals surface area contributed by atoms with Crippen molar-refractivity contribution in [1.29, 1.82) is 0 Å². The Hall–Kier alpha value is -0.780. The topological polar surface area (TPSA) is 12.0 Å². The predicted molar refractivity (Wildman–Crippen MR) is 68.2 cm³/mol. The van der Waals surface area contributed by atoms with E-state index >= 15 is 0 Å². The molecule has 1 heterocycles. The fraction of sp³-hybridized carbons (Fsp3) is 0.538. The monoisotopic (exact) mass is 221 g/mol. The molecule has 0 aromatic carbocycles. The number of thiophene rings is 1. The van der Waals surface area contributed by atoms with Crippen LogP contribution in [0.4, 0.5) is 0 Å². The van der Waals surface area contributed by atoms with Crippen LogP contribution in [0.3, 0.4) is 0 Å². The van der Waals surface area contributed by atoms with Crippen molar-refractivity contribution in [2.45, 2.75) is 38.6 Å². The maximum absolute atomic E-state index is 5.30. The van der Waals surface area contributed by atoms with E-state index in [1.165, 1.54) is 12.0 Å². The van der Waals surface area contributed by atoms with Crippen LogP contribution in [0.1, 0.15) is 31.7 Å². The second-order valence-corrected chi connectivity index (χ2v) is 4.51. The molecule has 0 saturated heterocycles. The van der Waals surface area contributed by atoms with Crippen molar-refractivity contribution in [2.24, 2.45) is 0 Å². The Morgan fingerprint density at radius 2 is 2.47 bits per heavy atom. The third-order valence-electron chi connectivity index (χ3n) is 2.38. The molecule has 1 unspecified atom stereocenters. The van der Waals surface area contributed by atoms with Crippen LogP contribution in [-0.2, 0) is 6.42 Å². The third kappa shape index (κ3) is 5.01. The Bertz CT molecular complexity index is 284. The average molecular weight is 221 g/mol. The van der Waals surface area contributed by atoms with E-state index in [2.05, 4.69) is 35.0 Å². The van der Waals surface area contributed by atoms with E-state index in [9.17, 15) is 0 Å². The maximum atomic E-state index is 5.30. The average Bonchev–Trinajstić information content (AvgIpc) is 2.74. The quantitative estimate of drug-likeness (QED) is 0.698. The van der Waals surface area contributed by atoms with Crippen LogP contribution in [0, 0.1) is 12.3 Å². The fourth-order valence-electron chi connectivity index (χ4n) is 1.58. The molecule has 1 rings (SSSR count). The molecule has 1 nitrogen and oxygen atoms in total. The highest BCUT2D eigenvalue weighted by Crippen LogP contribution is 2.11. The van der Waals surface area contributed by atoms with Crippen LogP contribution in [0.5, 0.6) is 0 Å². The molecule has 0 aliphatic carbocycles. The first-order valence-electron chi connectivity index (χ1n) is 5.54. The minimum atomic E-state index is 0.538. The molecule has 0 aliphatic rings. The lowest BCUT2D eigenvalue weighted by atomic mass is 10.0. The van der Waals surface area contributed by atoms with Crippen LogP contribution in [0.2, 0.25) is 0 Å². The third-order valence-corrected chi connectivity index (χ3v) is 3.11. The SMILES string of the molecule is C#CCCC(Cc1ccsc1)NCCC. The molecule has 1 aromatic heterocycles. The standard InChI is InChI=1S/C13H19NS/c1-3-5-6-13(14-8-4-2)10-12-7-9-15-11-12/h1,7,9,11,13-14H,4-6,8,10H2,2H3. The van der Waals surface area contributed by atoms with Gasteiger partial charge in [-0.25, -0.2) is 0 Å². The molecule has 1 aromatic rings. The molecule has 1 atom stereocenters. The van der Waals surface area contributed by atoms with Gasteiger partial charge in [0.2, 0.25) is 0 Å². The summed E-state index contributed by atoms with van der Waals surface area (Å²) in [5, 5.41) is 7.90. The Kier molecular flexibility index (Phi) is 6.15. The molecular weight excluding hydrogens is 202 g/mol. The van der Waals surface area contributed by atoms with Crippen LogP contribution < -0.4 is 5.32 Å². The summed E-state index contributed by atoms with van der Waals surface area (Å²) in [5.41, 5.74) is 1.42. The van der Waals surface area contributed by atoms with Crippen molar-refractivity contribution in [1.82, 2.24) is 5.32 Å². The zero-order chi connectivity index (χ0) is 10.9. The van der Waals surface area contributed by atoms with Crippen molar-refractivity contribution in [2.75, 3.05) is 6.54 Å². The van der Waals surface area contributed by atoms with Gasteiger partial charge in [0.1, 0.15) is 0 Å². The second-order valence-electron chi connectivity index (χ2n) is 3.73. The van der Waals surface area contributed by atoms with E-state index in [1.54, 1.807) is 11.3 Å². The van der Waals surface area contributed by atoms with Crippen molar-refractivity contribution in [3.63, 3.8) is 0 Å². The molecule has 0 bridgehead atoms. The summed E-state index contributed by atoms with van der Waals surface area (Å²) in [4.78, 5) is 0. The van der Waals surface area contributed by atoms with Gasteiger partial charge >= 0.3 is 0 Å². The van der Waals surface area contributed by atoms with Crippen molar-refractivity contribution in [3.8, 4) is 12.3 Å². The number of hydrogen-bond donors (Lipinski definition) is 1. The summed E-state index contributed by atoms with van der Waals surface area (Å²) >= 11 is 1.76. The van der Waals surface area contributed by atoms with Crippen LogP contribution in [0.15, 0.2) is 16.8 Å². The second kappa shape index (κ2) is 7.50. The van der Waals surface area contributed by atoms with Gasteiger partial charge in [-0.2, -0.15) is 11.3 Å². The van der Waals surface area contributed by atoms with Gasteiger partial charge in [-0.15, -0.1) is 12.3 Å². The summed E-state index contributed by atoms with van der Waals surface area (Å²) in [5.74, 6) is 2.72. The first-order valence-corrected chi connectivity index (χ1v) is 6.49. The van der Waals surface area contributed by atoms with Gasteiger partial charge in [-0.05, 0) is 48.2 Å². The lowest BCUT2D eigenvalue weighted by molar-refractivity contribution is 0.483. The Morgan fingerprint density at radius 1 is 1.60 bits per heavy atom. The highest BCUT2D eigenvalue weighted by atomic mass is 32.1. The number of hydrogen-bond acceptors (Lipinski definition) is 2. The summed E-state index contributed by atoms with van der Waals surface area (Å²) in [6, 6.07) is 2.73. The van der Waals surface area contributed by atoms with Crippen molar-refractivity contribution >= 4 is 11.3 Å². The summed E-state index contributed by atoms with van der Waals surface area (Å²) in [6.07, 6.45) is 9.52. The molecule has 1 N–H and O–H groups in total. The van der Waals surface area contributed by atoms with Gasteiger partial charge in [0.25, 0.3) is 0 Å². The fourth-order valence-corrected chi connectivity index (χ4v) is 2.26. The number of terminal acetylenes is 1. The van der Waals surface area contributed by atoms with Gasteiger partial charge in [0.15, 0.2) is 0 Å². The highest BCUT2D eigenvalue weighted by molar-refractivity contribution is 7.07. The normalized spacial score (nSPS) is 12.3. The molecule has 82 valence electrons.